The third-order valence-electron chi connectivity index (χ3n) is 4.31. The Morgan fingerprint density at radius 3 is 2.85 bits per heavy atom. The lowest BCUT2D eigenvalue weighted by Gasteiger charge is -2.43. The van der Waals surface area contributed by atoms with Crippen LogP contribution in [0.25, 0.3) is 0 Å². The second kappa shape index (κ2) is 6.92. The number of fused-ring (bicyclic) bond motifs is 1. The zero-order valence-corrected chi connectivity index (χ0v) is 13.3. The average molecular weight is 340 g/mol. The van der Waals surface area contributed by atoms with Crippen LogP contribution < -0.4 is 4.74 Å². The molecule has 0 aromatic heterocycles. The first kappa shape index (κ1) is 14.4. The maximum absolute atomic E-state index is 5.90. The fourth-order valence-electron chi connectivity index (χ4n) is 3.27. The highest BCUT2D eigenvalue weighted by atomic mass is 79.9. The Morgan fingerprint density at radius 1 is 1.20 bits per heavy atom. The maximum Gasteiger partial charge on any atom is 0.119 e. The zero-order chi connectivity index (χ0) is 13.8. The molecule has 1 saturated heterocycles. The molecule has 1 aliphatic carbocycles. The van der Waals surface area contributed by atoms with Crippen molar-refractivity contribution in [3.63, 3.8) is 0 Å². The van der Waals surface area contributed by atoms with Gasteiger partial charge < -0.3 is 9.47 Å². The number of hydrogen-bond donors (Lipinski definition) is 0. The van der Waals surface area contributed by atoms with Crippen molar-refractivity contribution in [3.8, 4) is 5.75 Å². The van der Waals surface area contributed by atoms with E-state index in [2.05, 4.69) is 20.8 Å². The van der Waals surface area contributed by atoms with E-state index in [0.29, 0.717) is 12.1 Å². The van der Waals surface area contributed by atoms with Crippen molar-refractivity contribution in [2.24, 2.45) is 0 Å². The summed E-state index contributed by atoms with van der Waals surface area (Å²) in [5.74, 6) is 0.946. The monoisotopic (exact) mass is 339 g/mol. The molecule has 0 radical (unpaired) electrons. The van der Waals surface area contributed by atoms with E-state index in [9.17, 15) is 0 Å². The fourth-order valence-corrected chi connectivity index (χ4v) is 3.53. The molecule has 1 heterocycles. The molecule has 1 aromatic carbocycles. The summed E-state index contributed by atoms with van der Waals surface area (Å²) in [5, 5.41) is 0. The minimum atomic E-state index is 0.463. The second-order valence-corrected chi connectivity index (χ2v) is 6.52. The molecule has 1 aromatic rings. The van der Waals surface area contributed by atoms with Crippen molar-refractivity contribution < 1.29 is 9.47 Å². The van der Waals surface area contributed by atoms with Gasteiger partial charge in [0.2, 0.25) is 0 Å². The Morgan fingerprint density at radius 2 is 2.00 bits per heavy atom. The quantitative estimate of drug-likeness (QED) is 0.838. The van der Waals surface area contributed by atoms with Gasteiger partial charge in [-0.2, -0.15) is 0 Å². The summed E-state index contributed by atoms with van der Waals surface area (Å²) in [5.41, 5.74) is 0. The standard InChI is InChI=1S/C16H22BrNO2/c17-13-5-7-14(8-6-13)19-11-9-18-10-12-20-16-4-2-1-3-15(16)18/h5-8,15-16H,1-4,9-12H2. The van der Waals surface area contributed by atoms with Gasteiger partial charge in [-0.1, -0.05) is 28.8 Å². The number of ether oxygens (including phenoxy) is 2. The van der Waals surface area contributed by atoms with Crippen molar-refractivity contribution in [3.05, 3.63) is 28.7 Å². The van der Waals surface area contributed by atoms with Gasteiger partial charge >= 0.3 is 0 Å². The molecular formula is C16H22BrNO2. The highest BCUT2D eigenvalue weighted by Crippen LogP contribution is 2.28. The maximum atomic E-state index is 5.90. The van der Waals surface area contributed by atoms with Gasteiger partial charge in [-0.3, -0.25) is 4.90 Å². The van der Waals surface area contributed by atoms with Crippen molar-refractivity contribution >= 4 is 15.9 Å². The molecule has 2 unspecified atom stereocenters. The van der Waals surface area contributed by atoms with E-state index in [4.69, 9.17) is 9.47 Å². The zero-order valence-electron chi connectivity index (χ0n) is 11.8. The van der Waals surface area contributed by atoms with Crippen LogP contribution in [0.3, 0.4) is 0 Å². The second-order valence-electron chi connectivity index (χ2n) is 5.60. The largest absolute Gasteiger partial charge is 0.492 e. The molecule has 3 rings (SSSR count). The highest BCUT2D eigenvalue weighted by Gasteiger charge is 2.33. The summed E-state index contributed by atoms with van der Waals surface area (Å²) in [6.07, 6.45) is 5.64. The minimum absolute atomic E-state index is 0.463. The van der Waals surface area contributed by atoms with E-state index in [0.717, 1.165) is 36.5 Å². The number of benzene rings is 1. The van der Waals surface area contributed by atoms with Crippen LogP contribution in [0, 0.1) is 0 Å². The molecule has 2 atom stereocenters. The van der Waals surface area contributed by atoms with Crippen LogP contribution in [0.5, 0.6) is 5.75 Å². The molecule has 4 heteroatoms. The van der Waals surface area contributed by atoms with Crippen LogP contribution >= 0.6 is 15.9 Å². The molecular weight excluding hydrogens is 318 g/mol. The number of rotatable bonds is 4. The van der Waals surface area contributed by atoms with E-state index in [1.54, 1.807) is 0 Å². The molecule has 1 saturated carbocycles. The molecule has 2 fully saturated rings. The Balaban J connectivity index is 1.48. The average Bonchev–Trinajstić information content (AvgIpc) is 2.49. The van der Waals surface area contributed by atoms with E-state index in [-0.39, 0.29) is 0 Å². The first-order valence-corrected chi connectivity index (χ1v) is 8.36. The van der Waals surface area contributed by atoms with Gasteiger partial charge in [-0.05, 0) is 37.1 Å². The van der Waals surface area contributed by atoms with Gasteiger partial charge in [0.25, 0.3) is 0 Å². The SMILES string of the molecule is Brc1ccc(OCCN2CCOC3CCCCC32)cc1. The van der Waals surface area contributed by atoms with Crippen LogP contribution in [0.15, 0.2) is 28.7 Å². The minimum Gasteiger partial charge on any atom is -0.492 e. The number of morpholine rings is 1. The van der Waals surface area contributed by atoms with Crippen molar-refractivity contribution in [1.82, 2.24) is 4.90 Å². The smallest absolute Gasteiger partial charge is 0.119 e. The van der Waals surface area contributed by atoms with Gasteiger partial charge in [0.15, 0.2) is 0 Å². The predicted octanol–water partition coefficient (Wildman–Crippen LogP) is 3.47. The number of halogens is 1. The lowest BCUT2D eigenvalue weighted by atomic mass is 9.90. The first-order chi connectivity index (χ1) is 9.83. The Bertz CT molecular complexity index is 421. The fraction of sp³-hybridized carbons (Fsp3) is 0.625. The summed E-state index contributed by atoms with van der Waals surface area (Å²) in [6.45, 7) is 3.68. The van der Waals surface area contributed by atoms with Crippen LogP contribution in [0.4, 0.5) is 0 Å². The summed E-state index contributed by atoms with van der Waals surface area (Å²) in [6, 6.07) is 8.66. The summed E-state index contributed by atoms with van der Waals surface area (Å²) in [7, 11) is 0. The van der Waals surface area contributed by atoms with Crippen molar-refractivity contribution in [2.45, 2.75) is 37.8 Å². The first-order valence-electron chi connectivity index (χ1n) is 7.57. The molecule has 20 heavy (non-hydrogen) atoms. The van der Waals surface area contributed by atoms with Crippen LogP contribution in [-0.2, 0) is 4.74 Å². The van der Waals surface area contributed by atoms with Crippen LogP contribution in [-0.4, -0.2) is 43.3 Å². The number of nitrogens with zero attached hydrogens (tertiary/aromatic N) is 1. The Kier molecular flexibility index (Phi) is 4.97. The highest BCUT2D eigenvalue weighted by molar-refractivity contribution is 9.10. The van der Waals surface area contributed by atoms with E-state index < -0.39 is 0 Å². The summed E-state index contributed by atoms with van der Waals surface area (Å²) < 4.78 is 12.8. The molecule has 2 aliphatic rings. The molecule has 1 aliphatic heterocycles. The molecule has 0 amide bonds. The number of hydrogen-bond acceptors (Lipinski definition) is 3. The summed E-state index contributed by atoms with van der Waals surface area (Å²) >= 11 is 3.44. The third kappa shape index (κ3) is 3.54. The van der Waals surface area contributed by atoms with E-state index >= 15 is 0 Å². The van der Waals surface area contributed by atoms with Gasteiger partial charge in [0.05, 0.1) is 12.7 Å². The molecule has 3 nitrogen and oxygen atoms in total. The van der Waals surface area contributed by atoms with Crippen LogP contribution in [0.1, 0.15) is 25.7 Å². The van der Waals surface area contributed by atoms with Gasteiger partial charge in [-0.15, -0.1) is 0 Å². The molecule has 0 bridgehead atoms. The lowest BCUT2D eigenvalue weighted by Crippen LogP contribution is -2.53. The summed E-state index contributed by atoms with van der Waals surface area (Å²) in [4.78, 5) is 2.56. The van der Waals surface area contributed by atoms with Crippen molar-refractivity contribution in [2.75, 3.05) is 26.3 Å². The van der Waals surface area contributed by atoms with Gasteiger partial charge in [-0.25, -0.2) is 0 Å². The van der Waals surface area contributed by atoms with Gasteiger partial charge in [0, 0.05) is 23.6 Å². The normalized spacial score (nSPS) is 27.1. The molecule has 110 valence electrons. The van der Waals surface area contributed by atoms with Gasteiger partial charge in [0.1, 0.15) is 12.4 Å². The Labute approximate surface area is 129 Å². The molecule has 0 spiro atoms. The Hall–Kier alpha value is -0.580. The topological polar surface area (TPSA) is 21.7 Å². The molecule has 0 N–H and O–H groups in total. The lowest BCUT2D eigenvalue weighted by molar-refractivity contribution is -0.0901. The third-order valence-corrected chi connectivity index (χ3v) is 4.84. The van der Waals surface area contributed by atoms with Crippen molar-refractivity contribution in [1.29, 1.82) is 0 Å². The van der Waals surface area contributed by atoms with Crippen LogP contribution in [0.2, 0.25) is 0 Å². The predicted molar refractivity (Wildman–Crippen MR) is 83.2 cm³/mol. The van der Waals surface area contributed by atoms with E-state index in [1.807, 2.05) is 24.3 Å². The van der Waals surface area contributed by atoms with E-state index in [1.165, 1.54) is 25.7 Å².